The van der Waals surface area contributed by atoms with Crippen molar-refractivity contribution in [2.24, 2.45) is 4.99 Å². The third-order valence-corrected chi connectivity index (χ3v) is 5.43. The zero-order chi connectivity index (χ0) is 15.4. The Kier molecular flexibility index (Phi) is 6.87. The molecule has 0 bridgehead atoms. The Balaban J connectivity index is 0.00000192. The van der Waals surface area contributed by atoms with Gasteiger partial charge in [0.1, 0.15) is 0 Å². The summed E-state index contributed by atoms with van der Waals surface area (Å²) in [4.78, 5) is 20.0. The van der Waals surface area contributed by atoms with Gasteiger partial charge < -0.3 is 4.90 Å². The lowest BCUT2D eigenvalue weighted by Gasteiger charge is -2.27. The van der Waals surface area contributed by atoms with Crippen LogP contribution in [-0.2, 0) is 0 Å². The van der Waals surface area contributed by atoms with Crippen molar-refractivity contribution < 1.29 is 4.79 Å². The molecule has 3 rings (SSSR count). The van der Waals surface area contributed by atoms with Crippen LogP contribution in [0.3, 0.4) is 0 Å². The molecule has 0 unspecified atom stereocenters. The van der Waals surface area contributed by atoms with Gasteiger partial charge in [0.2, 0.25) is 0 Å². The predicted octanol–water partition coefficient (Wildman–Crippen LogP) is 4.82. The first-order valence-electron chi connectivity index (χ1n) is 7.32. The van der Waals surface area contributed by atoms with Crippen LogP contribution in [0.15, 0.2) is 46.8 Å². The number of anilines is 1. The average Bonchev–Trinajstić information content (AvgIpc) is 3.08. The smallest absolute Gasteiger partial charge is 0.192 e. The summed E-state index contributed by atoms with van der Waals surface area (Å²) in [5.41, 5.74) is 2.23. The lowest BCUT2D eigenvalue weighted by Crippen LogP contribution is -2.35. The monoisotopic (exact) mass is 410 g/mol. The number of carbonyl (C=O) groups excluding carboxylic acids is 1. The zero-order valence-corrected chi connectivity index (χ0v) is 16.2. The van der Waals surface area contributed by atoms with Gasteiger partial charge in [0.25, 0.3) is 0 Å². The molecule has 1 aromatic carbocycles. The van der Waals surface area contributed by atoms with Crippen LogP contribution in [0, 0.1) is 6.92 Å². The van der Waals surface area contributed by atoms with E-state index >= 15 is 0 Å². The predicted molar refractivity (Wildman–Crippen MR) is 107 cm³/mol. The molecule has 2 aromatic rings. The Morgan fingerprint density at radius 1 is 1.30 bits per heavy atom. The molecule has 1 aliphatic rings. The Hall–Kier alpha value is -1.11. The summed E-state index contributed by atoms with van der Waals surface area (Å²) >= 11 is 3.23. The van der Waals surface area contributed by atoms with Gasteiger partial charge in [0.05, 0.1) is 11.4 Å². The quantitative estimate of drug-likeness (QED) is 0.677. The molecule has 0 aliphatic carbocycles. The number of aliphatic imine (C=N–C) groups is 1. The summed E-state index contributed by atoms with van der Waals surface area (Å²) in [6.45, 7) is 3.26. The lowest BCUT2D eigenvalue weighted by molar-refractivity contribution is 0.101. The highest BCUT2D eigenvalue weighted by Gasteiger charge is 2.21. The van der Waals surface area contributed by atoms with E-state index in [4.69, 9.17) is 0 Å². The van der Waals surface area contributed by atoms with Crippen molar-refractivity contribution in [3.63, 3.8) is 0 Å². The maximum Gasteiger partial charge on any atom is 0.192 e. The standard InChI is InChI=1S/C17H18N2OS2.BrH/c1-13-5-2-6-14(11-13)19(17-18-8-4-10-22-17)12-15(20)16-7-3-9-21-16;/h2-3,5-7,9,11H,4,8,10,12H2,1H3;1H. The van der Waals surface area contributed by atoms with Crippen molar-refractivity contribution in [3.05, 3.63) is 52.2 Å². The third-order valence-electron chi connectivity index (χ3n) is 3.42. The normalized spacial score (nSPS) is 13.9. The number of ketones is 1. The third kappa shape index (κ3) is 4.68. The number of thiophene rings is 1. The van der Waals surface area contributed by atoms with E-state index in [2.05, 4.69) is 28.9 Å². The first-order chi connectivity index (χ1) is 10.7. The molecule has 3 nitrogen and oxygen atoms in total. The van der Waals surface area contributed by atoms with E-state index in [1.54, 1.807) is 11.8 Å². The molecule has 6 heteroatoms. The van der Waals surface area contributed by atoms with Gasteiger partial charge in [0, 0.05) is 18.0 Å². The number of rotatable bonds is 4. The van der Waals surface area contributed by atoms with Crippen molar-refractivity contribution in [1.29, 1.82) is 0 Å². The SMILES string of the molecule is Br.Cc1cccc(N(CC(=O)c2cccs2)C2=NCCCS2)c1. The second-order valence-corrected chi connectivity index (χ2v) is 7.20. The minimum Gasteiger partial charge on any atom is -0.313 e. The number of benzene rings is 1. The van der Waals surface area contributed by atoms with E-state index in [-0.39, 0.29) is 22.8 Å². The molecule has 1 aromatic heterocycles. The van der Waals surface area contributed by atoms with Crippen LogP contribution in [0.1, 0.15) is 21.7 Å². The van der Waals surface area contributed by atoms with Crippen LogP contribution < -0.4 is 4.90 Å². The highest BCUT2D eigenvalue weighted by molar-refractivity contribution is 8.93. The van der Waals surface area contributed by atoms with Gasteiger partial charge in [-0.05, 0) is 42.5 Å². The van der Waals surface area contributed by atoms with Crippen LogP contribution in [-0.4, -0.2) is 29.8 Å². The average molecular weight is 411 g/mol. The van der Waals surface area contributed by atoms with Gasteiger partial charge in [0.15, 0.2) is 11.0 Å². The first-order valence-corrected chi connectivity index (χ1v) is 9.19. The van der Waals surface area contributed by atoms with E-state index in [1.807, 2.05) is 29.6 Å². The van der Waals surface area contributed by atoms with Gasteiger partial charge in [-0.15, -0.1) is 28.3 Å². The van der Waals surface area contributed by atoms with Crippen LogP contribution in [0.25, 0.3) is 0 Å². The highest BCUT2D eigenvalue weighted by Crippen LogP contribution is 2.24. The molecule has 0 atom stereocenters. The number of aryl methyl sites for hydroxylation is 1. The Labute approximate surface area is 155 Å². The number of thioether (sulfide) groups is 1. The Morgan fingerprint density at radius 3 is 2.83 bits per heavy atom. The molecule has 0 spiro atoms. The summed E-state index contributed by atoms with van der Waals surface area (Å²) in [5, 5.41) is 2.90. The molecular formula is C17H19BrN2OS2. The number of amidine groups is 1. The molecule has 122 valence electrons. The zero-order valence-electron chi connectivity index (χ0n) is 12.9. The first kappa shape index (κ1) is 18.2. The summed E-state index contributed by atoms with van der Waals surface area (Å²) in [5.74, 6) is 1.21. The maximum atomic E-state index is 12.5. The number of carbonyl (C=O) groups is 1. The van der Waals surface area contributed by atoms with Gasteiger partial charge >= 0.3 is 0 Å². The molecule has 2 heterocycles. The van der Waals surface area contributed by atoms with Crippen LogP contribution >= 0.6 is 40.1 Å². The molecule has 0 radical (unpaired) electrons. The Morgan fingerprint density at radius 2 is 2.17 bits per heavy atom. The minimum atomic E-state index is 0. The van der Waals surface area contributed by atoms with E-state index < -0.39 is 0 Å². The fourth-order valence-electron chi connectivity index (χ4n) is 2.34. The molecular weight excluding hydrogens is 392 g/mol. The summed E-state index contributed by atoms with van der Waals surface area (Å²) < 4.78 is 0. The molecule has 23 heavy (non-hydrogen) atoms. The van der Waals surface area contributed by atoms with Crippen LogP contribution in [0.4, 0.5) is 5.69 Å². The number of hydrogen-bond donors (Lipinski definition) is 0. The van der Waals surface area contributed by atoms with Gasteiger partial charge in [-0.1, -0.05) is 30.0 Å². The summed E-state index contributed by atoms with van der Waals surface area (Å²) in [6, 6.07) is 12.1. The second-order valence-electron chi connectivity index (χ2n) is 5.19. The number of nitrogens with zero attached hydrogens (tertiary/aromatic N) is 2. The van der Waals surface area contributed by atoms with Crippen molar-refractivity contribution in [2.45, 2.75) is 13.3 Å². The molecule has 0 saturated carbocycles. The van der Waals surface area contributed by atoms with Crippen LogP contribution in [0.2, 0.25) is 0 Å². The van der Waals surface area contributed by atoms with Crippen molar-refractivity contribution in [1.82, 2.24) is 0 Å². The van der Waals surface area contributed by atoms with Gasteiger partial charge in [-0.2, -0.15) is 0 Å². The second kappa shape index (κ2) is 8.66. The Bertz CT molecular complexity index is 686. The topological polar surface area (TPSA) is 32.7 Å². The van der Waals surface area contributed by atoms with Crippen molar-refractivity contribution in [2.75, 3.05) is 23.7 Å². The molecule has 0 N–H and O–H groups in total. The molecule has 0 amide bonds. The van der Waals surface area contributed by atoms with E-state index in [1.165, 1.54) is 16.9 Å². The van der Waals surface area contributed by atoms with Gasteiger partial charge in [-0.25, -0.2) is 0 Å². The molecule has 0 saturated heterocycles. The minimum absolute atomic E-state index is 0. The van der Waals surface area contributed by atoms with Crippen LogP contribution in [0.5, 0.6) is 0 Å². The summed E-state index contributed by atoms with van der Waals surface area (Å²) in [7, 11) is 0. The van der Waals surface area contributed by atoms with Gasteiger partial charge in [-0.3, -0.25) is 9.79 Å². The number of hydrogen-bond acceptors (Lipinski definition) is 5. The maximum absolute atomic E-state index is 12.5. The lowest BCUT2D eigenvalue weighted by atomic mass is 10.2. The highest BCUT2D eigenvalue weighted by atomic mass is 79.9. The largest absolute Gasteiger partial charge is 0.313 e. The molecule has 0 fully saturated rings. The molecule has 1 aliphatic heterocycles. The summed E-state index contributed by atoms with van der Waals surface area (Å²) in [6.07, 6.45) is 1.11. The van der Waals surface area contributed by atoms with E-state index in [9.17, 15) is 4.79 Å². The number of Topliss-reactive ketones (excluding diaryl/α,β-unsaturated/α-hetero) is 1. The fourth-order valence-corrected chi connectivity index (χ4v) is 3.96. The fraction of sp³-hybridized carbons (Fsp3) is 0.294. The number of halogens is 1. The van der Waals surface area contributed by atoms with Crippen molar-refractivity contribution >= 4 is 56.7 Å². The van der Waals surface area contributed by atoms with E-state index in [0.717, 1.165) is 34.5 Å². The van der Waals surface area contributed by atoms with Crippen molar-refractivity contribution in [3.8, 4) is 0 Å². The van der Waals surface area contributed by atoms with E-state index in [0.29, 0.717) is 6.54 Å².